The molecule has 1 N–H and O–H groups in total. The predicted octanol–water partition coefficient (Wildman–Crippen LogP) is 3.83. The van der Waals surface area contributed by atoms with Crippen molar-refractivity contribution in [2.75, 3.05) is 0 Å². The van der Waals surface area contributed by atoms with Gasteiger partial charge in [0, 0.05) is 6.42 Å². The molecule has 1 aliphatic carbocycles. The van der Waals surface area contributed by atoms with Crippen molar-refractivity contribution >= 4 is 5.84 Å². The minimum absolute atomic E-state index is 0.00883. The van der Waals surface area contributed by atoms with Gasteiger partial charge in [0.2, 0.25) is 0 Å². The van der Waals surface area contributed by atoms with Crippen LogP contribution >= 0.6 is 0 Å². The summed E-state index contributed by atoms with van der Waals surface area (Å²) in [4.78, 5) is 4.73. The van der Waals surface area contributed by atoms with Crippen LogP contribution in [0.15, 0.2) is 47.5 Å². The van der Waals surface area contributed by atoms with E-state index in [2.05, 4.69) is 5.32 Å². The van der Waals surface area contributed by atoms with Crippen molar-refractivity contribution < 1.29 is 4.39 Å². The third kappa shape index (κ3) is 3.40. The molecule has 0 saturated carbocycles. The first-order chi connectivity index (χ1) is 11.2. The highest BCUT2D eigenvalue weighted by Crippen LogP contribution is 2.34. The van der Waals surface area contributed by atoms with Crippen molar-refractivity contribution in [2.24, 2.45) is 4.99 Å². The number of amidine groups is 1. The molecule has 0 saturated heterocycles. The van der Waals surface area contributed by atoms with Crippen LogP contribution in [0.3, 0.4) is 0 Å². The standard InChI is InChI=1S/C19H18FN3/c1-13-4-2-3-5-14(13)11-19(22-12-21)23-18-9-6-15-10-16(20)7-8-17(15)18/h2-5,7-8,10,18H,6,9,11H2,1H3,(H,22,23). The molecule has 0 fully saturated rings. The second-order valence-corrected chi connectivity index (χ2v) is 5.81. The van der Waals surface area contributed by atoms with Crippen LogP contribution in [0.25, 0.3) is 0 Å². The molecule has 1 atom stereocenters. The van der Waals surface area contributed by atoms with Crippen LogP contribution in [-0.4, -0.2) is 5.84 Å². The summed E-state index contributed by atoms with van der Waals surface area (Å²) in [6, 6.07) is 12.9. The molecule has 23 heavy (non-hydrogen) atoms. The van der Waals surface area contributed by atoms with E-state index in [-0.39, 0.29) is 11.9 Å². The van der Waals surface area contributed by atoms with Gasteiger partial charge in [0.05, 0.1) is 6.04 Å². The van der Waals surface area contributed by atoms with Crippen molar-refractivity contribution in [3.8, 4) is 6.19 Å². The van der Waals surface area contributed by atoms with E-state index in [9.17, 15) is 4.39 Å². The Labute approximate surface area is 135 Å². The van der Waals surface area contributed by atoms with Gasteiger partial charge in [0.1, 0.15) is 11.7 Å². The molecule has 0 aliphatic heterocycles. The highest BCUT2D eigenvalue weighted by molar-refractivity contribution is 5.86. The van der Waals surface area contributed by atoms with Crippen LogP contribution in [0, 0.1) is 24.2 Å². The molecule has 1 aliphatic rings. The van der Waals surface area contributed by atoms with E-state index in [4.69, 9.17) is 10.3 Å². The molecular weight excluding hydrogens is 289 g/mol. The number of hydrogen-bond donors (Lipinski definition) is 1. The van der Waals surface area contributed by atoms with Gasteiger partial charge in [-0.25, -0.2) is 4.39 Å². The smallest absolute Gasteiger partial charge is 0.182 e. The Balaban J connectivity index is 1.87. The second kappa shape index (κ2) is 6.62. The Bertz CT molecular complexity index is 789. The molecule has 3 rings (SSSR count). The van der Waals surface area contributed by atoms with Crippen molar-refractivity contribution in [2.45, 2.75) is 32.2 Å². The Morgan fingerprint density at radius 3 is 2.96 bits per heavy atom. The van der Waals surface area contributed by atoms with Gasteiger partial charge >= 0.3 is 0 Å². The largest absolute Gasteiger partial charge is 0.280 e. The first-order valence-corrected chi connectivity index (χ1v) is 7.72. The quantitative estimate of drug-likeness (QED) is 0.405. The maximum absolute atomic E-state index is 13.3. The Hall–Kier alpha value is -2.67. The zero-order valence-corrected chi connectivity index (χ0v) is 13.0. The monoisotopic (exact) mass is 307 g/mol. The van der Waals surface area contributed by atoms with Crippen LogP contribution in [0.2, 0.25) is 0 Å². The van der Waals surface area contributed by atoms with Gasteiger partial charge in [-0.3, -0.25) is 10.3 Å². The lowest BCUT2D eigenvalue weighted by Gasteiger charge is -2.11. The molecule has 3 nitrogen and oxygen atoms in total. The summed E-state index contributed by atoms with van der Waals surface area (Å²) < 4.78 is 13.3. The van der Waals surface area contributed by atoms with E-state index < -0.39 is 0 Å². The maximum Gasteiger partial charge on any atom is 0.182 e. The van der Waals surface area contributed by atoms with Gasteiger partial charge in [-0.05, 0) is 54.2 Å². The van der Waals surface area contributed by atoms with Crippen molar-refractivity contribution in [1.29, 1.82) is 5.26 Å². The number of nitriles is 1. The molecule has 0 heterocycles. The zero-order chi connectivity index (χ0) is 16.2. The summed E-state index contributed by atoms with van der Waals surface area (Å²) in [5.74, 6) is 0.452. The molecule has 2 aromatic carbocycles. The van der Waals surface area contributed by atoms with E-state index in [0.717, 1.165) is 29.5 Å². The van der Waals surface area contributed by atoms with E-state index in [1.54, 1.807) is 6.07 Å². The SMILES string of the molecule is Cc1ccccc1CC(=NC1CCc2cc(F)ccc21)NC#N. The number of aryl methyl sites for hydroxylation is 2. The van der Waals surface area contributed by atoms with Gasteiger partial charge in [-0.15, -0.1) is 0 Å². The van der Waals surface area contributed by atoms with Gasteiger partial charge in [-0.1, -0.05) is 30.3 Å². The number of benzene rings is 2. The molecule has 2 aromatic rings. The average molecular weight is 307 g/mol. The van der Waals surface area contributed by atoms with E-state index in [1.165, 1.54) is 11.6 Å². The van der Waals surface area contributed by atoms with Crippen LogP contribution in [0.1, 0.15) is 34.7 Å². The molecule has 0 spiro atoms. The fraction of sp³-hybridized carbons (Fsp3) is 0.263. The summed E-state index contributed by atoms with van der Waals surface area (Å²) >= 11 is 0. The lowest BCUT2D eigenvalue weighted by molar-refractivity contribution is 0.625. The van der Waals surface area contributed by atoms with E-state index >= 15 is 0 Å². The highest BCUT2D eigenvalue weighted by atomic mass is 19.1. The van der Waals surface area contributed by atoms with Crippen LogP contribution in [-0.2, 0) is 12.8 Å². The Kier molecular flexibility index (Phi) is 4.38. The number of halogens is 1. The maximum atomic E-state index is 13.3. The lowest BCUT2D eigenvalue weighted by Crippen LogP contribution is -2.21. The summed E-state index contributed by atoms with van der Waals surface area (Å²) in [5, 5.41) is 11.7. The first kappa shape index (κ1) is 15.2. The minimum Gasteiger partial charge on any atom is -0.280 e. The van der Waals surface area contributed by atoms with E-state index in [0.29, 0.717) is 12.3 Å². The average Bonchev–Trinajstić information content (AvgIpc) is 2.92. The molecule has 0 aromatic heterocycles. The van der Waals surface area contributed by atoms with Gasteiger partial charge in [0.15, 0.2) is 6.19 Å². The molecule has 116 valence electrons. The van der Waals surface area contributed by atoms with Crippen LogP contribution in [0.5, 0.6) is 0 Å². The zero-order valence-electron chi connectivity index (χ0n) is 13.0. The van der Waals surface area contributed by atoms with Gasteiger partial charge in [-0.2, -0.15) is 5.26 Å². The topological polar surface area (TPSA) is 48.2 Å². The summed E-state index contributed by atoms with van der Waals surface area (Å²) in [5.41, 5.74) is 4.40. The molecule has 0 amide bonds. The minimum atomic E-state index is -0.205. The second-order valence-electron chi connectivity index (χ2n) is 5.81. The summed E-state index contributed by atoms with van der Waals surface area (Å²) in [6.45, 7) is 2.05. The number of aliphatic imine (C=N–C) groups is 1. The molecule has 4 heteroatoms. The van der Waals surface area contributed by atoms with E-state index in [1.807, 2.05) is 43.4 Å². The Morgan fingerprint density at radius 1 is 1.35 bits per heavy atom. The molecule has 1 unspecified atom stereocenters. The number of nitrogens with zero attached hydrogens (tertiary/aromatic N) is 2. The fourth-order valence-corrected chi connectivity index (χ4v) is 3.06. The molecule has 0 bridgehead atoms. The highest BCUT2D eigenvalue weighted by Gasteiger charge is 2.22. The van der Waals surface area contributed by atoms with Crippen LogP contribution < -0.4 is 5.32 Å². The van der Waals surface area contributed by atoms with Gasteiger partial charge in [0.25, 0.3) is 0 Å². The normalized spacial score (nSPS) is 16.7. The van der Waals surface area contributed by atoms with Crippen molar-refractivity contribution in [1.82, 2.24) is 5.32 Å². The van der Waals surface area contributed by atoms with Crippen molar-refractivity contribution in [3.05, 3.63) is 70.5 Å². The summed E-state index contributed by atoms with van der Waals surface area (Å²) in [7, 11) is 0. The van der Waals surface area contributed by atoms with Crippen molar-refractivity contribution in [3.63, 3.8) is 0 Å². The number of hydrogen-bond acceptors (Lipinski definition) is 2. The summed E-state index contributed by atoms with van der Waals surface area (Å²) in [6.07, 6.45) is 4.24. The third-order valence-electron chi connectivity index (χ3n) is 4.28. The number of nitrogens with one attached hydrogen (secondary N) is 1. The van der Waals surface area contributed by atoms with Crippen LogP contribution in [0.4, 0.5) is 4.39 Å². The molecular formula is C19H18FN3. The fourth-order valence-electron chi connectivity index (χ4n) is 3.06. The lowest BCUT2D eigenvalue weighted by atomic mass is 10.0. The third-order valence-corrected chi connectivity index (χ3v) is 4.28. The van der Waals surface area contributed by atoms with Gasteiger partial charge < -0.3 is 0 Å². The Morgan fingerprint density at radius 2 is 2.17 bits per heavy atom. The number of fused-ring (bicyclic) bond motifs is 1. The number of rotatable bonds is 3. The molecule has 0 radical (unpaired) electrons. The predicted molar refractivity (Wildman–Crippen MR) is 88.5 cm³/mol. The first-order valence-electron chi connectivity index (χ1n) is 7.72.